The number of hydrogen-bond acceptors (Lipinski definition) is 9. The summed E-state index contributed by atoms with van der Waals surface area (Å²) in [5.74, 6) is 0.977. The normalized spacial score (nSPS) is 16.8. The molecule has 5 heterocycles. The van der Waals surface area contributed by atoms with Crippen LogP contribution in [0.5, 0.6) is 0 Å². The summed E-state index contributed by atoms with van der Waals surface area (Å²) < 4.78 is 10.3. The van der Waals surface area contributed by atoms with Crippen molar-refractivity contribution in [2.75, 3.05) is 35.3 Å². The zero-order chi connectivity index (χ0) is 21.5. The van der Waals surface area contributed by atoms with Crippen LogP contribution in [-0.4, -0.2) is 58.2 Å². The summed E-state index contributed by atoms with van der Waals surface area (Å²) in [5.41, 5.74) is 1.44. The Labute approximate surface area is 177 Å². The maximum absolute atomic E-state index is 13.2. The van der Waals surface area contributed by atoms with Crippen molar-refractivity contribution in [2.24, 2.45) is 0 Å². The van der Waals surface area contributed by atoms with Gasteiger partial charge in [0.15, 0.2) is 23.2 Å². The summed E-state index contributed by atoms with van der Waals surface area (Å²) >= 11 is 0. The van der Waals surface area contributed by atoms with E-state index >= 15 is 0 Å². The number of pyridine rings is 1. The molecular weight excluding hydrogens is 402 g/mol. The number of amides is 2. The third kappa shape index (κ3) is 3.33. The lowest BCUT2D eigenvalue weighted by Gasteiger charge is -2.35. The van der Waals surface area contributed by atoms with Crippen LogP contribution in [0.2, 0.25) is 0 Å². The van der Waals surface area contributed by atoms with Gasteiger partial charge in [-0.25, -0.2) is 29.5 Å². The fourth-order valence-electron chi connectivity index (χ4n) is 3.88. The number of methoxy groups -OCH3 is 1. The second kappa shape index (κ2) is 7.35. The Morgan fingerprint density at radius 2 is 2.10 bits per heavy atom. The van der Waals surface area contributed by atoms with Crippen molar-refractivity contribution in [3.8, 4) is 11.5 Å². The SMILES string of the molecule is COC(=O)c1ccc2c(n1)N(C(=O)Nc1nccc(-c3cnc(C)o3)n1)C1CCN2C1. The molecule has 2 aliphatic rings. The van der Waals surface area contributed by atoms with Crippen molar-refractivity contribution in [1.82, 2.24) is 19.9 Å². The highest BCUT2D eigenvalue weighted by Crippen LogP contribution is 2.39. The number of urea groups is 1. The molecule has 2 aliphatic heterocycles. The van der Waals surface area contributed by atoms with Gasteiger partial charge in [0.2, 0.25) is 5.95 Å². The predicted molar refractivity (Wildman–Crippen MR) is 110 cm³/mol. The van der Waals surface area contributed by atoms with Crippen molar-refractivity contribution in [2.45, 2.75) is 19.4 Å². The van der Waals surface area contributed by atoms with E-state index in [-0.39, 0.29) is 17.7 Å². The zero-order valence-electron chi connectivity index (χ0n) is 16.9. The van der Waals surface area contributed by atoms with Gasteiger partial charge < -0.3 is 14.1 Å². The minimum atomic E-state index is -0.561. The van der Waals surface area contributed by atoms with Crippen LogP contribution in [0.15, 0.2) is 35.0 Å². The number of carbonyl (C=O) groups excluding carboxylic acids is 2. The van der Waals surface area contributed by atoms with Crippen molar-refractivity contribution in [3.05, 3.63) is 42.2 Å². The van der Waals surface area contributed by atoms with Gasteiger partial charge in [0.05, 0.1) is 25.0 Å². The second-order valence-electron chi connectivity index (χ2n) is 7.23. The van der Waals surface area contributed by atoms with Crippen LogP contribution < -0.4 is 15.1 Å². The maximum Gasteiger partial charge on any atom is 0.356 e. The molecule has 1 atom stereocenters. The summed E-state index contributed by atoms with van der Waals surface area (Å²) in [6, 6.07) is 4.57. The molecular formula is C20H19N7O4. The minimum absolute atomic E-state index is 0.0759. The number of oxazole rings is 1. The first kappa shape index (κ1) is 19.0. The Morgan fingerprint density at radius 1 is 1.23 bits per heavy atom. The molecule has 3 aromatic heterocycles. The van der Waals surface area contributed by atoms with Crippen molar-refractivity contribution in [3.63, 3.8) is 0 Å². The van der Waals surface area contributed by atoms with Gasteiger partial charge in [0.25, 0.3) is 0 Å². The van der Waals surface area contributed by atoms with Crippen molar-refractivity contribution < 1.29 is 18.7 Å². The molecule has 158 valence electrons. The molecule has 1 unspecified atom stereocenters. The van der Waals surface area contributed by atoms with Gasteiger partial charge in [0.1, 0.15) is 5.69 Å². The zero-order valence-corrected chi connectivity index (χ0v) is 16.9. The Bertz CT molecular complexity index is 1180. The number of carbonyl (C=O) groups is 2. The molecule has 1 fully saturated rings. The first-order valence-electron chi connectivity index (χ1n) is 9.74. The molecule has 1 saturated heterocycles. The summed E-state index contributed by atoms with van der Waals surface area (Å²) in [7, 11) is 1.29. The predicted octanol–water partition coefficient (Wildman–Crippen LogP) is 2.25. The van der Waals surface area contributed by atoms with Crippen LogP contribution in [0.1, 0.15) is 22.8 Å². The molecule has 5 rings (SSSR count). The third-order valence-corrected chi connectivity index (χ3v) is 5.31. The smallest absolute Gasteiger partial charge is 0.356 e. The molecule has 0 aromatic carbocycles. The van der Waals surface area contributed by atoms with Crippen molar-refractivity contribution in [1.29, 1.82) is 0 Å². The van der Waals surface area contributed by atoms with Gasteiger partial charge >= 0.3 is 12.0 Å². The summed E-state index contributed by atoms with van der Waals surface area (Å²) in [5, 5.41) is 2.74. The molecule has 0 spiro atoms. The molecule has 0 saturated carbocycles. The second-order valence-corrected chi connectivity index (χ2v) is 7.23. The van der Waals surface area contributed by atoms with Gasteiger partial charge in [-0.2, -0.15) is 0 Å². The van der Waals surface area contributed by atoms with E-state index in [2.05, 4.69) is 30.2 Å². The number of aromatic nitrogens is 4. The van der Waals surface area contributed by atoms with Crippen LogP contribution in [0.4, 0.5) is 22.2 Å². The van der Waals surface area contributed by atoms with E-state index in [1.165, 1.54) is 13.3 Å². The van der Waals surface area contributed by atoms with Crippen LogP contribution in [0.3, 0.4) is 0 Å². The summed E-state index contributed by atoms with van der Waals surface area (Å²) in [6.45, 7) is 3.23. The lowest BCUT2D eigenvalue weighted by atomic mass is 10.2. The third-order valence-electron chi connectivity index (χ3n) is 5.31. The monoisotopic (exact) mass is 421 g/mol. The number of esters is 1. The van der Waals surface area contributed by atoms with Gasteiger partial charge in [0, 0.05) is 26.2 Å². The number of rotatable bonds is 3. The highest BCUT2D eigenvalue weighted by Gasteiger charge is 2.40. The number of nitrogens with one attached hydrogen (secondary N) is 1. The molecule has 2 bridgehead atoms. The van der Waals surface area contributed by atoms with Crippen LogP contribution in [-0.2, 0) is 4.74 Å². The average Bonchev–Trinajstić information content (AvgIpc) is 3.40. The van der Waals surface area contributed by atoms with Crippen molar-refractivity contribution >= 4 is 29.5 Å². The fraction of sp³-hybridized carbons (Fsp3) is 0.300. The Hall–Kier alpha value is -4.02. The first-order chi connectivity index (χ1) is 15.0. The van der Waals surface area contributed by atoms with E-state index < -0.39 is 12.0 Å². The van der Waals surface area contributed by atoms with E-state index in [4.69, 9.17) is 9.15 Å². The molecule has 1 N–H and O–H groups in total. The number of hydrogen-bond donors (Lipinski definition) is 1. The van der Waals surface area contributed by atoms with Crippen LogP contribution in [0.25, 0.3) is 11.5 Å². The topological polar surface area (TPSA) is 127 Å². The number of aryl methyl sites for hydroxylation is 1. The molecule has 11 heteroatoms. The van der Waals surface area contributed by atoms with Gasteiger partial charge in [-0.15, -0.1) is 0 Å². The summed E-state index contributed by atoms with van der Waals surface area (Å²) in [4.78, 5) is 45.9. The first-order valence-corrected chi connectivity index (χ1v) is 9.74. The number of nitrogens with zero attached hydrogens (tertiary/aromatic N) is 6. The maximum atomic E-state index is 13.2. The van der Waals surface area contributed by atoms with Gasteiger partial charge in [-0.1, -0.05) is 0 Å². The Balaban J connectivity index is 1.46. The highest BCUT2D eigenvalue weighted by molar-refractivity contribution is 6.04. The van der Waals surface area contributed by atoms with E-state index in [9.17, 15) is 9.59 Å². The molecule has 31 heavy (non-hydrogen) atoms. The lowest BCUT2D eigenvalue weighted by Crippen LogP contribution is -2.48. The Morgan fingerprint density at radius 3 is 2.87 bits per heavy atom. The van der Waals surface area contributed by atoms with Crippen LogP contribution >= 0.6 is 0 Å². The minimum Gasteiger partial charge on any atom is -0.464 e. The average molecular weight is 421 g/mol. The number of fused-ring (bicyclic) bond motifs is 4. The lowest BCUT2D eigenvalue weighted by molar-refractivity contribution is 0.0594. The highest BCUT2D eigenvalue weighted by atomic mass is 16.5. The van der Waals surface area contributed by atoms with Gasteiger partial charge in [-0.3, -0.25) is 10.2 Å². The number of ether oxygens (including phenoxy) is 1. The molecule has 11 nitrogen and oxygen atoms in total. The van der Waals surface area contributed by atoms with Gasteiger partial charge in [-0.05, 0) is 24.6 Å². The quantitative estimate of drug-likeness (QED) is 0.634. The molecule has 0 aliphatic carbocycles. The van der Waals surface area contributed by atoms with E-state index in [0.717, 1.165) is 18.7 Å². The molecule has 0 radical (unpaired) electrons. The largest absolute Gasteiger partial charge is 0.464 e. The standard InChI is InChI=1S/C20H19N7O4/c1-11-22-9-16(31-11)13-5-7-21-19(24-13)25-20(29)27-12-6-8-26(10-12)15-4-3-14(18(28)30-2)23-17(15)27/h3-5,7,9,12H,6,8,10H2,1-2H3,(H,21,24,25,29). The van der Waals surface area contributed by atoms with E-state index in [1.54, 1.807) is 36.2 Å². The molecule has 2 amide bonds. The summed E-state index contributed by atoms with van der Waals surface area (Å²) in [6.07, 6.45) is 3.88. The van der Waals surface area contributed by atoms with E-state index in [1.807, 2.05) is 0 Å². The Kier molecular flexibility index (Phi) is 4.50. The van der Waals surface area contributed by atoms with E-state index in [0.29, 0.717) is 29.7 Å². The fourth-order valence-corrected chi connectivity index (χ4v) is 3.88. The van der Waals surface area contributed by atoms with Crippen LogP contribution in [0, 0.1) is 6.92 Å². The molecule has 3 aromatic rings. The number of anilines is 3.